The molecule has 2 nitrogen and oxygen atoms in total. The minimum absolute atomic E-state index is 0.676. The van der Waals surface area contributed by atoms with Crippen LogP contribution in [0.15, 0.2) is 76.1 Å². The molecule has 7 rings (SSSR count). The summed E-state index contributed by atoms with van der Waals surface area (Å²) in [5.41, 5.74) is 9.08. The number of rotatable bonds is 2. The predicted octanol–water partition coefficient (Wildman–Crippen LogP) is 8.19. The normalized spacial score (nSPS) is 16.1. The van der Waals surface area contributed by atoms with Crippen molar-refractivity contribution in [3.8, 4) is 0 Å². The van der Waals surface area contributed by atoms with Crippen molar-refractivity contribution in [1.82, 2.24) is 0 Å². The highest BCUT2D eigenvalue weighted by atomic mass is 16.3. The molecular weight excluding hydrogens is 378 g/mol. The molecule has 0 radical (unpaired) electrons. The first-order valence-electron chi connectivity index (χ1n) is 11.3. The number of aliphatic imine (C=N–C) groups is 1. The Morgan fingerprint density at radius 1 is 0.839 bits per heavy atom. The maximum atomic E-state index is 6.39. The Labute approximate surface area is 181 Å². The fourth-order valence-electron chi connectivity index (χ4n) is 5.74. The summed E-state index contributed by atoms with van der Waals surface area (Å²) in [6.07, 6.45) is 5.29. The van der Waals surface area contributed by atoms with E-state index in [2.05, 4.69) is 67.6 Å². The molecule has 0 bridgehead atoms. The maximum Gasteiger partial charge on any atom is 0.144 e. The minimum atomic E-state index is 0.676. The van der Waals surface area contributed by atoms with Crippen LogP contribution in [0.25, 0.3) is 32.7 Å². The number of nitrogens with zero attached hydrogens (tertiary/aromatic N) is 1. The summed E-state index contributed by atoms with van der Waals surface area (Å²) in [5, 5.41) is 4.94. The van der Waals surface area contributed by atoms with Gasteiger partial charge in [0, 0.05) is 27.3 Å². The molecule has 2 heterocycles. The molecule has 2 aliphatic rings. The Morgan fingerprint density at radius 3 is 2.61 bits per heavy atom. The minimum Gasteiger partial charge on any atom is -0.455 e. The monoisotopic (exact) mass is 401 g/mol. The van der Waals surface area contributed by atoms with E-state index in [4.69, 9.17) is 9.41 Å². The van der Waals surface area contributed by atoms with Crippen molar-refractivity contribution in [3.05, 3.63) is 89.0 Å². The summed E-state index contributed by atoms with van der Waals surface area (Å²) < 4.78 is 6.39. The number of hydrogen-bond donors (Lipinski definition) is 0. The van der Waals surface area contributed by atoms with Gasteiger partial charge in [-0.05, 0) is 72.5 Å². The van der Waals surface area contributed by atoms with Gasteiger partial charge >= 0.3 is 0 Å². The van der Waals surface area contributed by atoms with Crippen molar-refractivity contribution >= 4 is 44.1 Å². The van der Waals surface area contributed by atoms with Gasteiger partial charge in [0.25, 0.3) is 0 Å². The van der Waals surface area contributed by atoms with Crippen LogP contribution in [-0.2, 0) is 0 Å². The summed E-state index contributed by atoms with van der Waals surface area (Å²) in [6.45, 7) is 2.16. The number of benzene rings is 4. The molecule has 0 saturated heterocycles. The summed E-state index contributed by atoms with van der Waals surface area (Å²) >= 11 is 0. The van der Waals surface area contributed by atoms with Crippen molar-refractivity contribution in [2.45, 2.75) is 38.5 Å². The molecule has 0 unspecified atom stereocenters. The van der Waals surface area contributed by atoms with Gasteiger partial charge in [0.05, 0.1) is 11.4 Å². The molecule has 0 atom stereocenters. The van der Waals surface area contributed by atoms with Crippen LogP contribution >= 0.6 is 0 Å². The second-order valence-electron chi connectivity index (χ2n) is 9.17. The fourth-order valence-corrected chi connectivity index (χ4v) is 5.74. The molecular formula is C29H23NO. The Balaban J connectivity index is 1.52. The van der Waals surface area contributed by atoms with Gasteiger partial charge < -0.3 is 4.42 Å². The highest BCUT2D eigenvalue weighted by molar-refractivity contribution is 6.30. The molecule has 1 aliphatic heterocycles. The van der Waals surface area contributed by atoms with Crippen LogP contribution in [0.4, 0.5) is 5.69 Å². The van der Waals surface area contributed by atoms with Gasteiger partial charge in [0.1, 0.15) is 11.2 Å². The van der Waals surface area contributed by atoms with Crippen molar-refractivity contribution in [1.29, 1.82) is 0 Å². The molecule has 4 aromatic carbocycles. The van der Waals surface area contributed by atoms with Crippen LogP contribution in [0.2, 0.25) is 0 Å². The molecule has 0 N–H and O–H groups in total. The molecule has 1 aliphatic carbocycles. The van der Waals surface area contributed by atoms with Gasteiger partial charge in [-0.25, -0.2) is 4.99 Å². The zero-order chi connectivity index (χ0) is 20.5. The average molecular weight is 402 g/mol. The lowest BCUT2D eigenvalue weighted by Crippen LogP contribution is -2.04. The van der Waals surface area contributed by atoms with Gasteiger partial charge in [0.15, 0.2) is 0 Å². The summed E-state index contributed by atoms with van der Waals surface area (Å²) in [6, 6.07) is 24.1. The third-order valence-electron chi connectivity index (χ3n) is 7.17. The van der Waals surface area contributed by atoms with Crippen LogP contribution < -0.4 is 0 Å². The van der Waals surface area contributed by atoms with E-state index in [0.717, 1.165) is 28.1 Å². The highest BCUT2D eigenvalue weighted by Crippen LogP contribution is 2.43. The van der Waals surface area contributed by atoms with Crippen molar-refractivity contribution in [2.24, 2.45) is 4.99 Å². The van der Waals surface area contributed by atoms with Crippen LogP contribution in [0.1, 0.15) is 53.9 Å². The second-order valence-corrected chi connectivity index (χ2v) is 9.17. The molecule has 2 heteroatoms. The largest absolute Gasteiger partial charge is 0.455 e. The lowest BCUT2D eigenvalue weighted by molar-refractivity contribution is 0.668. The number of para-hydroxylation sites is 1. The van der Waals surface area contributed by atoms with Gasteiger partial charge in [-0.1, -0.05) is 49.2 Å². The van der Waals surface area contributed by atoms with Crippen molar-refractivity contribution in [2.75, 3.05) is 0 Å². The van der Waals surface area contributed by atoms with Gasteiger partial charge in [-0.3, -0.25) is 0 Å². The standard InChI is InChI=1S/C29H23NO/c1-17-13-22-21-10-4-5-12-26(21)31-29(22)24(14-17)28-23-16-20(18-7-2-3-8-18)15-19-9-6-11-25(30-28)27(19)23/h4-6,9-16,18H,2-3,7-8H2,1H3. The zero-order valence-electron chi connectivity index (χ0n) is 17.6. The van der Waals surface area contributed by atoms with Crippen molar-refractivity contribution in [3.63, 3.8) is 0 Å². The predicted molar refractivity (Wildman–Crippen MR) is 129 cm³/mol. The highest BCUT2D eigenvalue weighted by Gasteiger charge is 2.26. The van der Waals surface area contributed by atoms with E-state index in [1.165, 1.54) is 63.9 Å². The second kappa shape index (κ2) is 6.31. The molecule has 5 aromatic rings. The summed E-state index contributed by atoms with van der Waals surface area (Å²) in [7, 11) is 0. The lowest BCUT2D eigenvalue weighted by Gasteiger charge is -2.14. The molecule has 31 heavy (non-hydrogen) atoms. The van der Waals surface area contributed by atoms with Gasteiger partial charge in [-0.15, -0.1) is 0 Å². The molecule has 1 fully saturated rings. The topological polar surface area (TPSA) is 25.5 Å². The summed E-state index contributed by atoms with van der Waals surface area (Å²) in [4.78, 5) is 5.15. The van der Waals surface area contributed by atoms with Gasteiger partial charge in [0.2, 0.25) is 0 Å². The maximum absolute atomic E-state index is 6.39. The van der Waals surface area contributed by atoms with E-state index in [9.17, 15) is 0 Å². The number of hydrogen-bond acceptors (Lipinski definition) is 2. The first-order chi connectivity index (χ1) is 15.3. The quantitative estimate of drug-likeness (QED) is 0.287. The molecule has 150 valence electrons. The third kappa shape index (κ3) is 2.48. The first-order valence-corrected chi connectivity index (χ1v) is 11.3. The van der Waals surface area contributed by atoms with E-state index in [-0.39, 0.29) is 0 Å². The summed E-state index contributed by atoms with van der Waals surface area (Å²) in [5.74, 6) is 0.676. The molecule has 0 spiro atoms. The van der Waals surface area contributed by atoms with E-state index in [1.807, 2.05) is 6.07 Å². The molecule has 1 aromatic heterocycles. The number of aryl methyl sites for hydroxylation is 1. The van der Waals surface area contributed by atoms with Gasteiger partial charge in [-0.2, -0.15) is 0 Å². The van der Waals surface area contributed by atoms with Crippen LogP contribution in [0.5, 0.6) is 0 Å². The number of furan rings is 1. The first kappa shape index (κ1) is 17.3. The van der Waals surface area contributed by atoms with E-state index < -0.39 is 0 Å². The number of fused-ring (bicyclic) bond motifs is 3. The average Bonchev–Trinajstić information content (AvgIpc) is 3.52. The SMILES string of the molecule is Cc1cc(C2=Nc3cccc4cc(C5CCCC5)cc2c34)c2oc3ccccc3c2c1. The van der Waals surface area contributed by atoms with Crippen molar-refractivity contribution < 1.29 is 4.42 Å². The Morgan fingerprint density at radius 2 is 1.71 bits per heavy atom. The van der Waals surface area contributed by atoms with Crippen LogP contribution in [0.3, 0.4) is 0 Å². The van der Waals surface area contributed by atoms with E-state index >= 15 is 0 Å². The fraction of sp³-hybridized carbons (Fsp3) is 0.207. The smallest absolute Gasteiger partial charge is 0.144 e. The van der Waals surface area contributed by atoms with E-state index in [0.29, 0.717) is 5.92 Å². The molecule has 0 amide bonds. The van der Waals surface area contributed by atoms with E-state index in [1.54, 1.807) is 0 Å². The third-order valence-corrected chi connectivity index (χ3v) is 7.17. The van der Waals surface area contributed by atoms with Crippen LogP contribution in [0, 0.1) is 6.92 Å². The van der Waals surface area contributed by atoms with Crippen LogP contribution in [-0.4, -0.2) is 5.71 Å². The Hall–Kier alpha value is -3.39. The lowest BCUT2D eigenvalue weighted by atomic mass is 9.89. The Bertz CT molecular complexity index is 1550. The molecule has 1 saturated carbocycles. The zero-order valence-corrected chi connectivity index (χ0v) is 17.6. The Kier molecular flexibility index (Phi) is 3.52.